The molecule has 0 fully saturated rings. The van der Waals surface area contributed by atoms with Gasteiger partial charge in [0, 0.05) is 11.3 Å². The fourth-order valence-electron chi connectivity index (χ4n) is 2.87. The van der Waals surface area contributed by atoms with Crippen molar-refractivity contribution in [1.29, 1.82) is 0 Å². The van der Waals surface area contributed by atoms with Crippen molar-refractivity contribution < 1.29 is 13.6 Å². The van der Waals surface area contributed by atoms with Crippen LogP contribution >= 0.6 is 11.6 Å². The van der Waals surface area contributed by atoms with E-state index in [1.807, 2.05) is 26.0 Å². The van der Waals surface area contributed by atoms with E-state index in [9.17, 15) is 9.18 Å². The van der Waals surface area contributed by atoms with Gasteiger partial charge in [-0.1, -0.05) is 11.6 Å². The van der Waals surface area contributed by atoms with Crippen molar-refractivity contribution in [2.75, 3.05) is 5.32 Å². The second kappa shape index (κ2) is 7.09. The van der Waals surface area contributed by atoms with Crippen LogP contribution in [0.1, 0.15) is 21.5 Å². The maximum Gasteiger partial charge on any atom is 0.255 e. The van der Waals surface area contributed by atoms with Gasteiger partial charge in [0.1, 0.15) is 11.3 Å². The molecule has 1 heterocycles. The normalized spacial score (nSPS) is 11.0. The van der Waals surface area contributed by atoms with Crippen molar-refractivity contribution in [2.45, 2.75) is 13.8 Å². The Morgan fingerprint density at radius 2 is 1.75 bits per heavy atom. The van der Waals surface area contributed by atoms with Crippen LogP contribution in [0.4, 0.5) is 10.1 Å². The van der Waals surface area contributed by atoms with Crippen molar-refractivity contribution in [2.24, 2.45) is 0 Å². The van der Waals surface area contributed by atoms with Gasteiger partial charge in [-0.2, -0.15) is 0 Å². The molecule has 0 saturated carbocycles. The number of aryl methyl sites for hydroxylation is 2. The molecule has 0 aliphatic heterocycles. The number of halogens is 2. The zero-order chi connectivity index (χ0) is 19.8. The van der Waals surface area contributed by atoms with Crippen molar-refractivity contribution in [1.82, 2.24) is 4.98 Å². The maximum absolute atomic E-state index is 13.0. The van der Waals surface area contributed by atoms with Gasteiger partial charge < -0.3 is 9.73 Å². The van der Waals surface area contributed by atoms with Crippen molar-refractivity contribution in [3.63, 3.8) is 0 Å². The van der Waals surface area contributed by atoms with Gasteiger partial charge in [0.2, 0.25) is 5.89 Å². The molecular weight excluding hydrogens is 379 g/mol. The van der Waals surface area contributed by atoms with Gasteiger partial charge >= 0.3 is 0 Å². The number of rotatable bonds is 3. The SMILES string of the molecule is Cc1cc2nc(-c3cc(NC(=O)c4ccc(F)cc4)ccc3Cl)oc2cc1C. The summed E-state index contributed by atoms with van der Waals surface area (Å²) in [5.74, 6) is -0.369. The molecule has 0 aliphatic rings. The number of hydrogen-bond donors (Lipinski definition) is 1. The number of aromatic nitrogens is 1. The number of carbonyl (C=O) groups excluding carboxylic acids is 1. The molecule has 140 valence electrons. The number of carbonyl (C=O) groups is 1. The van der Waals surface area contributed by atoms with Crippen LogP contribution in [0.5, 0.6) is 0 Å². The number of amides is 1. The van der Waals surface area contributed by atoms with E-state index in [1.54, 1.807) is 18.2 Å². The predicted octanol–water partition coefficient (Wildman–Crippen LogP) is 6.16. The summed E-state index contributed by atoms with van der Waals surface area (Å²) in [6.45, 7) is 4.03. The fourth-order valence-corrected chi connectivity index (χ4v) is 3.06. The summed E-state index contributed by atoms with van der Waals surface area (Å²) in [7, 11) is 0. The van der Waals surface area contributed by atoms with E-state index >= 15 is 0 Å². The summed E-state index contributed by atoms with van der Waals surface area (Å²) in [6.07, 6.45) is 0. The molecule has 0 atom stereocenters. The van der Waals surface area contributed by atoms with Gasteiger partial charge in [0.25, 0.3) is 5.91 Å². The Hall–Kier alpha value is -3.18. The number of fused-ring (bicyclic) bond motifs is 1. The van der Waals surface area contributed by atoms with Crippen LogP contribution in [0.25, 0.3) is 22.6 Å². The van der Waals surface area contributed by atoms with Crippen LogP contribution in [0.3, 0.4) is 0 Å². The Bertz CT molecular complexity index is 1160. The standard InChI is InChI=1S/C22H16ClFN2O2/c1-12-9-19-20(10-13(12)2)28-22(26-19)17-11-16(7-8-18(17)23)25-21(27)14-3-5-15(24)6-4-14/h3-11H,1-2H3,(H,25,27). The van der Waals surface area contributed by atoms with Crippen LogP contribution in [-0.2, 0) is 0 Å². The Morgan fingerprint density at radius 1 is 1.04 bits per heavy atom. The minimum absolute atomic E-state index is 0.350. The van der Waals surface area contributed by atoms with Gasteiger partial charge in [-0.15, -0.1) is 0 Å². The summed E-state index contributed by atoms with van der Waals surface area (Å²) in [4.78, 5) is 16.9. The Morgan fingerprint density at radius 3 is 2.50 bits per heavy atom. The molecule has 0 spiro atoms. The molecule has 6 heteroatoms. The highest BCUT2D eigenvalue weighted by atomic mass is 35.5. The molecule has 4 aromatic rings. The first kappa shape index (κ1) is 18.2. The predicted molar refractivity (Wildman–Crippen MR) is 108 cm³/mol. The number of anilines is 1. The van der Waals surface area contributed by atoms with E-state index in [0.717, 1.165) is 16.6 Å². The Kier molecular flexibility index (Phi) is 4.61. The second-order valence-corrected chi connectivity index (χ2v) is 6.99. The molecule has 1 amide bonds. The first-order valence-electron chi connectivity index (χ1n) is 8.65. The van der Waals surface area contributed by atoms with Gasteiger partial charge in [-0.05, 0) is 79.6 Å². The number of nitrogens with one attached hydrogen (secondary N) is 1. The Labute approximate surface area is 166 Å². The number of benzene rings is 3. The lowest BCUT2D eigenvalue weighted by molar-refractivity contribution is 0.102. The molecule has 4 nitrogen and oxygen atoms in total. The summed E-state index contributed by atoms with van der Waals surface area (Å²) >= 11 is 6.34. The molecule has 0 saturated heterocycles. The molecule has 28 heavy (non-hydrogen) atoms. The van der Waals surface area contributed by atoms with Crippen LogP contribution < -0.4 is 5.32 Å². The lowest BCUT2D eigenvalue weighted by atomic mass is 10.1. The number of hydrogen-bond acceptors (Lipinski definition) is 3. The van der Waals surface area contributed by atoms with Crippen molar-refractivity contribution >= 4 is 34.3 Å². The third kappa shape index (κ3) is 3.49. The maximum atomic E-state index is 13.0. The van der Waals surface area contributed by atoms with Crippen molar-refractivity contribution in [3.05, 3.63) is 82.1 Å². The van der Waals surface area contributed by atoms with Gasteiger partial charge in [-0.3, -0.25) is 4.79 Å². The van der Waals surface area contributed by atoms with E-state index in [-0.39, 0.29) is 5.91 Å². The average Bonchev–Trinajstić information content (AvgIpc) is 3.06. The summed E-state index contributed by atoms with van der Waals surface area (Å²) in [5, 5.41) is 3.24. The topological polar surface area (TPSA) is 55.1 Å². The summed E-state index contributed by atoms with van der Waals surface area (Å²) in [6, 6.07) is 14.3. The van der Waals surface area contributed by atoms with E-state index < -0.39 is 5.82 Å². The van der Waals surface area contributed by atoms with E-state index in [1.165, 1.54) is 24.3 Å². The van der Waals surface area contributed by atoms with E-state index in [2.05, 4.69) is 10.3 Å². The molecule has 4 rings (SSSR count). The minimum atomic E-state index is -0.397. The molecule has 0 bridgehead atoms. The van der Waals surface area contributed by atoms with Gasteiger partial charge in [0.05, 0.1) is 10.6 Å². The molecule has 0 radical (unpaired) electrons. The second-order valence-electron chi connectivity index (χ2n) is 6.58. The zero-order valence-corrected chi connectivity index (χ0v) is 16.0. The lowest BCUT2D eigenvalue weighted by Crippen LogP contribution is -2.11. The monoisotopic (exact) mass is 394 g/mol. The van der Waals surface area contributed by atoms with Crippen LogP contribution in [-0.4, -0.2) is 10.9 Å². The third-order valence-corrected chi connectivity index (χ3v) is 4.89. The highest BCUT2D eigenvalue weighted by molar-refractivity contribution is 6.33. The quantitative estimate of drug-likeness (QED) is 0.453. The van der Waals surface area contributed by atoms with E-state index in [4.69, 9.17) is 16.0 Å². The first-order valence-corrected chi connectivity index (χ1v) is 9.03. The lowest BCUT2D eigenvalue weighted by Gasteiger charge is -2.07. The molecule has 0 unspecified atom stereocenters. The van der Waals surface area contributed by atoms with Crippen molar-refractivity contribution in [3.8, 4) is 11.5 Å². The van der Waals surface area contributed by atoms with Crippen LogP contribution in [0, 0.1) is 19.7 Å². The van der Waals surface area contributed by atoms with Crippen LogP contribution in [0.2, 0.25) is 5.02 Å². The number of nitrogens with zero attached hydrogens (tertiary/aromatic N) is 1. The number of oxazole rings is 1. The summed E-state index contributed by atoms with van der Waals surface area (Å²) < 4.78 is 18.9. The molecule has 1 aromatic heterocycles. The largest absolute Gasteiger partial charge is 0.436 e. The van der Waals surface area contributed by atoms with Gasteiger partial charge in [0.15, 0.2) is 5.58 Å². The molecular formula is C22H16ClFN2O2. The Balaban J connectivity index is 1.67. The average molecular weight is 395 g/mol. The zero-order valence-electron chi connectivity index (χ0n) is 15.2. The summed E-state index contributed by atoms with van der Waals surface area (Å²) in [5.41, 5.74) is 5.12. The fraction of sp³-hybridized carbons (Fsp3) is 0.0909. The molecule has 0 aliphatic carbocycles. The van der Waals surface area contributed by atoms with E-state index in [0.29, 0.717) is 33.3 Å². The van der Waals surface area contributed by atoms with Gasteiger partial charge in [-0.25, -0.2) is 9.37 Å². The smallest absolute Gasteiger partial charge is 0.255 e. The first-order chi connectivity index (χ1) is 13.4. The third-order valence-electron chi connectivity index (χ3n) is 4.56. The highest BCUT2D eigenvalue weighted by Gasteiger charge is 2.15. The molecule has 1 N–H and O–H groups in total. The minimum Gasteiger partial charge on any atom is -0.436 e. The molecule has 3 aromatic carbocycles. The van der Waals surface area contributed by atoms with Crippen LogP contribution in [0.15, 0.2) is 59.0 Å². The highest BCUT2D eigenvalue weighted by Crippen LogP contribution is 2.33.